The molecule has 0 amide bonds. The maximum atomic E-state index is 6.16. The van der Waals surface area contributed by atoms with Gasteiger partial charge in [0.2, 0.25) is 0 Å². The van der Waals surface area contributed by atoms with Crippen LogP contribution in [-0.4, -0.2) is 9.55 Å². The first-order chi connectivity index (χ1) is 9.08. The Kier molecular flexibility index (Phi) is 2.72. The Hall–Kier alpha value is -2.00. The fourth-order valence-corrected chi connectivity index (χ4v) is 2.45. The molecule has 3 aromatic rings. The number of aryl methyl sites for hydroxylation is 2. The number of aromatic nitrogens is 2. The summed E-state index contributed by atoms with van der Waals surface area (Å²) in [7, 11) is 1.97. The van der Waals surface area contributed by atoms with Gasteiger partial charge < -0.3 is 10.3 Å². The van der Waals surface area contributed by atoms with Gasteiger partial charge in [-0.3, -0.25) is 0 Å². The van der Waals surface area contributed by atoms with E-state index in [1.54, 1.807) is 0 Å². The maximum Gasteiger partial charge on any atom is 0.142 e. The first-order valence-corrected chi connectivity index (χ1v) is 6.43. The fraction of sp³-hybridized carbons (Fsp3) is 0.133. The number of imidazole rings is 1. The smallest absolute Gasteiger partial charge is 0.142 e. The topological polar surface area (TPSA) is 43.8 Å². The Morgan fingerprint density at radius 3 is 2.79 bits per heavy atom. The monoisotopic (exact) mass is 271 g/mol. The predicted molar refractivity (Wildman–Crippen MR) is 80.3 cm³/mol. The van der Waals surface area contributed by atoms with Gasteiger partial charge in [-0.05, 0) is 36.8 Å². The minimum absolute atomic E-state index is 0.708. The van der Waals surface area contributed by atoms with E-state index in [2.05, 4.69) is 4.98 Å². The zero-order valence-corrected chi connectivity index (χ0v) is 11.6. The van der Waals surface area contributed by atoms with E-state index >= 15 is 0 Å². The van der Waals surface area contributed by atoms with Gasteiger partial charge in [0, 0.05) is 23.3 Å². The lowest BCUT2D eigenvalue weighted by molar-refractivity contribution is 0.959. The van der Waals surface area contributed by atoms with Gasteiger partial charge in [-0.25, -0.2) is 4.98 Å². The molecule has 2 N–H and O–H groups in total. The molecule has 0 bridgehead atoms. The zero-order valence-electron chi connectivity index (χ0n) is 10.8. The number of hydrogen-bond acceptors (Lipinski definition) is 2. The van der Waals surface area contributed by atoms with Crippen LogP contribution in [-0.2, 0) is 7.05 Å². The summed E-state index contributed by atoms with van der Waals surface area (Å²) >= 11 is 6.04. The van der Waals surface area contributed by atoms with Crippen LogP contribution in [0.4, 0.5) is 5.69 Å². The SMILES string of the molecule is Cc1cccc(-c2nc3ccc(Cl)cc3n2C)c1N. The van der Waals surface area contributed by atoms with E-state index in [9.17, 15) is 0 Å². The number of hydrogen-bond donors (Lipinski definition) is 1. The highest BCUT2D eigenvalue weighted by molar-refractivity contribution is 6.31. The van der Waals surface area contributed by atoms with Crippen molar-refractivity contribution in [1.82, 2.24) is 9.55 Å². The van der Waals surface area contributed by atoms with Gasteiger partial charge in [0.15, 0.2) is 0 Å². The molecule has 4 heteroatoms. The standard InChI is InChI=1S/C15H14ClN3/c1-9-4-3-5-11(14(9)17)15-18-12-7-6-10(16)8-13(12)19(15)2/h3-8H,17H2,1-2H3. The van der Waals surface area contributed by atoms with Crippen LogP contribution in [0.1, 0.15) is 5.56 Å². The summed E-state index contributed by atoms with van der Waals surface area (Å²) in [6.45, 7) is 2.00. The molecule has 0 saturated carbocycles. The summed E-state index contributed by atoms with van der Waals surface area (Å²) in [5, 5.41) is 0.708. The first kappa shape index (κ1) is 12.1. The number of nitrogen functional groups attached to an aromatic ring is 1. The molecule has 0 aliphatic carbocycles. The van der Waals surface area contributed by atoms with Gasteiger partial charge in [0.1, 0.15) is 5.82 Å². The van der Waals surface area contributed by atoms with Crippen molar-refractivity contribution < 1.29 is 0 Å². The molecule has 0 atom stereocenters. The summed E-state index contributed by atoms with van der Waals surface area (Å²) in [6.07, 6.45) is 0. The number of rotatable bonds is 1. The van der Waals surface area contributed by atoms with Gasteiger partial charge in [-0.15, -0.1) is 0 Å². The van der Waals surface area contributed by atoms with Crippen LogP contribution in [0.2, 0.25) is 5.02 Å². The molecule has 0 aliphatic heterocycles. The number of anilines is 1. The van der Waals surface area contributed by atoms with Gasteiger partial charge >= 0.3 is 0 Å². The Morgan fingerprint density at radius 2 is 2.00 bits per heavy atom. The van der Waals surface area contributed by atoms with Crippen molar-refractivity contribution in [3.63, 3.8) is 0 Å². The Morgan fingerprint density at radius 1 is 1.21 bits per heavy atom. The molecule has 2 aromatic carbocycles. The van der Waals surface area contributed by atoms with Crippen molar-refractivity contribution >= 4 is 28.3 Å². The lowest BCUT2D eigenvalue weighted by atomic mass is 10.1. The molecular weight excluding hydrogens is 258 g/mol. The number of benzene rings is 2. The number of fused-ring (bicyclic) bond motifs is 1. The number of nitrogens with two attached hydrogens (primary N) is 1. The molecule has 0 unspecified atom stereocenters. The lowest BCUT2D eigenvalue weighted by Gasteiger charge is -2.08. The van der Waals surface area contributed by atoms with Crippen LogP contribution >= 0.6 is 11.6 Å². The summed E-state index contributed by atoms with van der Waals surface area (Å²) < 4.78 is 2.02. The summed E-state index contributed by atoms with van der Waals surface area (Å²) in [5.41, 5.74) is 10.9. The highest BCUT2D eigenvalue weighted by Gasteiger charge is 2.13. The van der Waals surface area contributed by atoms with E-state index in [0.717, 1.165) is 33.7 Å². The highest BCUT2D eigenvalue weighted by Crippen LogP contribution is 2.30. The van der Waals surface area contributed by atoms with Crippen molar-refractivity contribution in [2.75, 3.05) is 5.73 Å². The second-order valence-corrected chi connectivity index (χ2v) is 5.10. The Labute approximate surface area is 116 Å². The summed E-state index contributed by atoms with van der Waals surface area (Å²) in [4.78, 5) is 4.65. The third-order valence-corrected chi connectivity index (χ3v) is 3.64. The van der Waals surface area contributed by atoms with E-state index in [4.69, 9.17) is 17.3 Å². The second kappa shape index (κ2) is 4.28. The minimum Gasteiger partial charge on any atom is -0.398 e. The molecule has 19 heavy (non-hydrogen) atoms. The molecule has 3 rings (SSSR count). The van der Waals surface area contributed by atoms with Crippen molar-refractivity contribution in [3.05, 3.63) is 47.0 Å². The van der Waals surface area contributed by atoms with Crippen LogP contribution in [0.25, 0.3) is 22.4 Å². The predicted octanol–water partition coefficient (Wildman–Crippen LogP) is 3.78. The third-order valence-electron chi connectivity index (χ3n) is 3.41. The summed E-state index contributed by atoms with van der Waals surface area (Å²) in [5.74, 6) is 0.860. The maximum absolute atomic E-state index is 6.16. The van der Waals surface area contributed by atoms with Crippen LogP contribution < -0.4 is 5.73 Å². The molecule has 3 nitrogen and oxygen atoms in total. The molecule has 0 aliphatic rings. The van der Waals surface area contributed by atoms with E-state index < -0.39 is 0 Å². The summed E-state index contributed by atoms with van der Waals surface area (Å²) in [6, 6.07) is 11.7. The number of para-hydroxylation sites is 1. The highest BCUT2D eigenvalue weighted by atomic mass is 35.5. The average molecular weight is 272 g/mol. The second-order valence-electron chi connectivity index (χ2n) is 4.66. The first-order valence-electron chi connectivity index (χ1n) is 6.05. The van der Waals surface area contributed by atoms with E-state index in [1.165, 1.54) is 0 Å². The van der Waals surface area contributed by atoms with Crippen LogP contribution in [0, 0.1) is 6.92 Å². The van der Waals surface area contributed by atoms with Crippen molar-refractivity contribution in [1.29, 1.82) is 0 Å². The quantitative estimate of drug-likeness (QED) is 0.685. The third kappa shape index (κ3) is 1.87. The molecule has 96 valence electrons. The number of halogens is 1. The van der Waals surface area contributed by atoms with Crippen LogP contribution in [0.3, 0.4) is 0 Å². The van der Waals surface area contributed by atoms with Gasteiger partial charge in [-0.1, -0.05) is 23.7 Å². The average Bonchev–Trinajstić information content (AvgIpc) is 2.70. The normalized spacial score (nSPS) is 11.1. The zero-order chi connectivity index (χ0) is 13.6. The molecule has 0 saturated heterocycles. The molecular formula is C15H14ClN3. The molecule has 0 fully saturated rings. The van der Waals surface area contributed by atoms with Crippen molar-refractivity contribution in [3.8, 4) is 11.4 Å². The van der Waals surface area contributed by atoms with Crippen molar-refractivity contribution in [2.24, 2.45) is 7.05 Å². The van der Waals surface area contributed by atoms with E-state index in [0.29, 0.717) is 5.02 Å². The van der Waals surface area contributed by atoms with E-state index in [-0.39, 0.29) is 0 Å². The Bertz CT molecular complexity index is 774. The Balaban J connectivity index is 2.31. The van der Waals surface area contributed by atoms with Crippen LogP contribution in [0.15, 0.2) is 36.4 Å². The molecule has 1 aromatic heterocycles. The van der Waals surface area contributed by atoms with E-state index in [1.807, 2.05) is 54.9 Å². The molecule has 1 heterocycles. The van der Waals surface area contributed by atoms with Crippen molar-refractivity contribution in [2.45, 2.75) is 6.92 Å². The molecule has 0 radical (unpaired) electrons. The molecule has 0 spiro atoms. The fourth-order valence-electron chi connectivity index (χ4n) is 2.28. The van der Waals surface area contributed by atoms with Gasteiger partial charge in [0.05, 0.1) is 11.0 Å². The van der Waals surface area contributed by atoms with Gasteiger partial charge in [0.25, 0.3) is 0 Å². The largest absolute Gasteiger partial charge is 0.398 e. The lowest BCUT2D eigenvalue weighted by Crippen LogP contribution is -1.98. The minimum atomic E-state index is 0.708. The van der Waals surface area contributed by atoms with Crippen LogP contribution in [0.5, 0.6) is 0 Å². The van der Waals surface area contributed by atoms with Gasteiger partial charge in [-0.2, -0.15) is 0 Å². The number of nitrogens with zero attached hydrogens (tertiary/aromatic N) is 2.